The van der Waals surface area contributed by atoms with Gasteiger partial charge in [0.25, 0.3) is 0 Å². The number of halogens is 2. The van der Waals surface area contributed by atoms with E-state index < -0.39 is 15.6 Å². The first-order valence-electron chi connectivity index (χ1n) is 7.99. The van der Waals surface area contributed by atoms with Crippen molar-refractivity contribution in [2.24, 2.45) is 0 Å². The van der Waals surface area contributed by atoms with Gasteiger partial charge in [-0.1, -0.05) is 45.7 Å². The molecule has 0 fully saturated rings. The van der Waals surface area contributed by atoms with Crippen LogP contribution in [0.15, 0.2) is 64.1 Å². The maximum absolute atomic E-state index is 13.0. The van der Waals surface area contributed by atoms with Gasteiger partial charge in [0.15, 0.2) is 0 Å². The van der Waals surface area contributed by atoms with Crippen molar-refractivity contribution >= 4 is 48.5 Å². The maximum Gasteiger partial charge on any atom is 0.243 e. The van der Waals surface area contributed by atoms with Gasteiger partial charge in [0.2, 0.25) is 10.0 Å². The molecule has 1 heterocycles. The molecule has 26 heavy (non-hydrogen) atoms. The van der Waals surface area contributed by atoms with Gasteiger partial charge in [0.1, 0.15) is 4.90 Å². The van der Waals surface area contributed by atoms with Crippen LogP contribution in [-0.4, -0.2) is 18.9 Å². The summed E-state index contributed by atoms with van der Waals surface area (Å²) in [5.41, 5.74) is 0.759. The van der Waals surface area contributed by atoms with Crippen LogP contribution in [0.5, 0.6) is 0 Å². The van der Waals surface area contributed by atoms with Crippen molar-refractivity contribution in [3.63, 3.8) is 0 Å². The van der Waals surface area contributed by atoms with Crippen LogP contribution >= 0.6 is 27.5 Å². The molecule has 1 N–H and O–H groups in total. The third kappa shape index (κ3) is 4.43. The fraction of sp³-hybridized carbons (Fsp3) is 0.211. The van der Waals surface area contributed by atoms with Crippen molar-refractivity contribution in [2.75, 3.05) is 0 Å². The van der Waals surface area contributed by atoms with Crippen molar-refractivity contribution in [1.29, 1.82) is 0 Å². The number of fused-ring (bicyclic) bond motifs is 1. The number of pyridine rings is 1. The summed E-state index contributed by atoms with van der Waals surface area (Å²) < 4.78 is 29.9. The number of sulfonamides is 1. The fourth-order valence-corrected chi connectivity index (χ4v) is 5.07. The molecule has 0 aliphatic carbocycles. The van der Waals surface area contributed by atoms with E-state index in [9.17, 15) is 8.42 Å². The largest absolute Gasteiger partial charge is 0.255 e. The van der Waals surface area contributed by atoms with Gasteiger partial charge in [-0.15, -0.1) is 0 Å². The van der Waals surface area contributed by atoms with E-state index in [0.717, 1.165) is 10.0 Å². The zero-order valence-electron chi connectivity index (χ0n) is 14.3. The van der Waals surface area contributed by atoms with Crippen LogP contribution in [0.25, 0.3) is 10.9 Å². The van der Waals surface area contributed by atoms with Crippen molar-refractivity contribution < 1.29 is 8.42 Å². The average molecular weight is 454 g/mol. The van der Waals surface area contributed by atoms with Crippen LogP contribution in [0.3, 0.4) is 0 Å². The highest BCUT2D eigenvalue weighted by Crippen LogP contribution is 2.27. The fourth-order valence-electron chi connectivity index (χ4n) is 2.90. The third-order valence-corrected chi connectivity index (χ3v) is 6.35. The lowest BCUT2D eigenvalue weighted by Crippen LogP contribution is -2.45. The van der Waals surface area contributed by atoms with E-state index in [4.69, 9.17) is 11.6 Å². The van der Waals surface area contributed by atoms with E-state index in [1.807, 2.05) is 38.1 Å². The molecule has 0 atom stereocenters. The summed E-state index contributed by atoms with van der Waals surface area (Å²) >= 11 is 9.52. The zero-order valence-corrected chi connectivity index (χ0v) is 17.5. The molecule has 0 aliphatic heterocycles. The number of rotatable bonds is 5. The predicted octanol–water partition coefficient (Wildman–Crippen LogP) is 4.95. The van der Waals surface area contributed by atoms with Crippen LogP contribution in [0.4, 0.5) is 0 Å². The van der Waals surface area contributed by atoms with Gasteiger partial charge in [-0.25, -0.2) is 13.1 Å². The van der Waals surface area contributed by atoms with Gasteiger partial charge >= 0.3 is 0 Å². The van der Waals surface area contributed by atoms with Crippen molar-refractivity contribution in [3.8, 4) is 0 Å². The number of aromatic nitrogens is 1. The molecular weight excluding hydrogens is 436 g/mol. The lowest BCUT2D eigenvalue weighted by molar-refractivity contribution is 0.450. The molecule has 3 rings (SSSR count). The summed E-state index contributed by atoms with van der Waals surface area (Å²) in [6.45, 7) is 3.71. The molecule has 0 amide bonds. The van der Waals surface area contributed by atoms with Gasteiger partial charge in [-0.05, 0) is 56.2 Å². The Kier molecular flexibility index (Phi) is 5.40. The molecule has 0 radical (unpaired) electrons. The molecule has 136 valence electrons. The minimum absolute atomic E-state index is 0.0875. The second-order valence-electron chi connectivity index (χ2n) is 6.77. The van der Waals surface area contributed by atoms with Crippen molar-refractivity contribution in [3.05, 3.63) is 69.8 Å². The van der Waals surface area contributed by atoms with Gasteiger partial charge in [0, 0.05) is 26.6 Å². The molecule has 0 saturated heterocycles. The summed E-state index contributed by atoms with van der Waals surface area (Å²) in [5.74, 6) is 0. The molecule has 2 aromatic carbocycles. The van der Waals surface area contributed by atoms with Crippen molar-refractivity contribution in [1.82, 2.24) is 9.71 Å². The predicted molar refractivity (Wildman–Crippen MR) is 109 cm³/mol. The Balaban J connectivity index is 1.94. The highest BCUT2D eigenvalue weighted by Gasteiger charge is 2.28. The van der Waals surface area contributed by atoms with Crippen LogP contribution in [0.2, 0.25) is 5.02 Å². The van der Waals surface area contributed by atoms with E-state index in [1.54, 1.807) is 24.4 Å². The topological polar surface area (TPSA) is 59.1 Å². The quantitative estimate of drug-likeness (QED) is 0.594. The molecule has 0 aliphatic rings. The summed E-state index contributed by atoms with van der Waals surface area (Å²) in [7, 11) is -3.80. The lowest BCUT2D eigenvalue weighted by Gasteiger charge is -2.26. The number of benzene rings is 2. The first kappa shape index (κ1) is 19.3. The Morgan fingerprint density at radius 3 is 2.54 bits per heavy atom. The Morgan fingerprint density at radius 1 is 1.15 bits per heavy atom. The number of hydrogen-bond acceptors (Lipinski definition) is 3. The van der Waals surface area contributed by atoms with Crippen LogP contribution < -0.4 is 4.72 Å². The molecule has 0 bridgehead atoms. The van der Waals surface area contributed by atoms with E-state index in [1.165, 1.54) is 6.07 Å². The Morgan fingerprint density at radius 2 is 1.85 bits per heavy atom. The van der Waals surface area contributed by atoms with Gasteiger partial charge in [-0.2, -0.15) is 0 Å². The van der Waals surface area contributed by atoms with Gasteiger partial charge < -0.3 is 0 Å². The van der Waals surface area contributed by atoms with Gasteiger partial charge in [-0.3, -0.25) is 4.98 Å². The molecule has 4 nitrogen and oxygen atoms in total. The van der Waals surface area contributed by atoms with E-state index >= 15 is 0 Å². The van der Waals surface area contributed by atoms with E-state index in [0.29, 0.717) is 22.3 Å². The first-order valence-corrected chi connectivity index (χ1v) is 10.6. The highest BCUT2D eigenvalue weighted by atomic mass is 79.9. The summed E-state index contributed by atoms with van der Waals surface area (Å²) in [5, 5.41) is 1.04. The van der Waals surface area contributed by atoms with E-state index in [-0.39, 0.29) is 4.90 Å². The lowest BCUT2D eigenvalue weighted by atomic mass is 9.96. The average Bonchev–Trinajstić information content (AvgIpc) is 2.55. The summed E-state index contributed by atoms with van der Waals surface area (Å²) in [4.78, 5) is 4.32. The molecule has 3 aromatic rings. The zero-order chi connectivity index (χ0) is 18.9. The Labute approximate surface area is 166 Å². The van der Waals surface area contributed by atoms with Gasteiger partial charge in [0.05, 0.1) is 5.52 Å². The molecule has 1 aromatic heterocycles. The SMILES string of the molecule is CC(C)(Cc1ccc(Br)cc1)NS(=O)(=O)c1cc(Cl)cc2cccnc12. The molecule has 0 saturated carbocycles. The smallest absolute Gasteiger partial charge is 0.243 e. The Hall–Kier alpha value is -1.47. The van der Waals surface area contributed by atoms with Crippen LogP contribution in [-0.2, 0) is 16.4 Å². The van der Waals surface area contributed by atoms with Crippen molar-refractivity contribution in [2.45, 2.75) is 30.7 Å². The summed E-state index contributed by atoms with van der Waals surface area (Å²) in [6, 6.07) is 14.5. The van der Waals surface area contributed by atoms with Crippen LogP contribution in [0.1, 0.15) is 19.4 Å². The van der Waals surface area contributed by atoms with Crippen LogP contribution in [0, 0.1) is 0 Å². The molecule has 0 unspecified atom stereocenters. The highest BCUT2D eigenvalue weighted by molar-refractivity contribution is 9.10. The monoisotopic (exact) mass is 452 g/mol. The standard InChI is InChI=1S/C19H18BrClN2O2S/c1-19(2,12-13-5-7-15(20)8-6-13)23-26(24,25)17-11-16(21)10-14-4-3-9-22-18(14)17/h3-11,23H,12H2,1-2H3. The first-order chi connectivity index (χ1) is 12.2. The molecular formula is C19H18BrClN2O2S. The maximum atomic E-state index is 13.0. The normalized spacial score (nSPS) is 12.5. The number of nitrogens with zero attached hydrogens (tertiary/aromatic N) is 1. The molecule has 0 spiro atoms. The second kappa shape index (κ2) is 7.27. The minimum Gasteiger partial charge on any atom is -0.255 e. The number of nitrogens with one attached hydrogen (secondary N) is 1. The second-order valence-corrected chi connectivity index (χ2v) is 9.77. The Bertz CT molecular complexity index is 1050. The van der Waals surface area contributed by atoms with E-state index in [2.05, 4.69) is 25.6 Å². The molecule has 7 heteroatoms. The minimum atomic E-state index is -3.80. The third-order valence-electron chi connectivity index (χ3n) is 3.89. The summed E-state index contributed by atoms with van der Waals surface area (Å²) in [6.07, 6.45) is 2.12. The number of hydrogen-bond donors (Lipinski definition) is 1.